The number of aliphatic carboxylic acids is 1. The van der Waals surface area contributed by atoms with Crippen LogP contribution in [0, 0.1) is 11.6 Å². The van der Waals surface area contributed by atoms with Crippen molar-refractivity contribution in [1.29, 1.82) is 0 Å². The van der Waals surface area contributed by atoms with Crippen LogP contribution in [0.25, 0.3) is 22.9 Å². The Morgan fingerprint density at radius 2 is 1.73 bits per heavy atom. The normalized spacial score (nSPS) is 10.8. The number of halogens is 5. The molecule has 0 radical (unpaired) electrons. The van der Waals surface area contributed by atoms with Crippen LogP contribution in [0.1, 0.15) is 0 Å². The van der Waals surface area contributed by atoms with E-state index in [1.807, 2.05) is 0 Å². The lowest BCUT2D eigenvalue weighted by molar-refractivity contribution is -0.192. The Balaban J connectivity index is 0.000000298. The van der Waals surface area contributed by atoms with Crippen molar-refractivity contribution in [3.8, 4) is 22.9 Å². The quantitative estimate of drug-likeness (QED) is 0.689. The number of carbonyl (C=O) groups is 1. The van der Waals surface area contributed by atoms with Gasteiger partial charge in [0.15, 0.2) is 0 Å². The van der Waals surface area contributed by atoms with Crippen molar-refractivity contribution >= 4 is 5.97 Å². The minimum atomic E-state index is -5.08. The zero-order valence-electron chi connectivity index (χ0n) is 12.5. The number of carboxylic acids is 1. The van der Waals surface area contributed by atoms with E-state index >= 15 is 0 Å². The summed E-state index contributed by atoms with van der Waals surface area (Å²) >= 11 is 0. The van der Waals surface area contributed by atoms with Crippen LogP contribution in [-0.2, 0) is 4.79 Å². The van der Waals surface area contributed by atoms with Crippen molar-refractivity contribution < 1.29 is 36.3 Å². The molecule has 1 aromatic carbocycles. The third-order valence-electron chi connectivity index (χ3n) is 2.73. The van der Waals surface area contributed by atoms with E-state index in [2.05, 4.69) is 15.2 Å². The highest BCUT2D eigenvalue weighted by atomic mass is 19.4. The smallest absolute Gasteiger partial charge is 0.475 e. The van der Waals surface area contributed by atoms with Gasteiger partial charge >= 0.3 is 12.1 Å². The van der Waals surface area contributed by atoms with Crippen LogP contribution in [0.5, 0.6) is 0 Å². The van der Waals surface area contributed by atoms with E-state index in [0.717, 1.165) is 18.2 Å². The predicted octanol–water partition coefficient (Wildman–Crippen LogP) is 3.71. The summed E-state index contributed by atoms with van der Waals surface area (Å²) in [7, 11) is 0. The van der Waals surface area contributed by atoms with Gasteiger partial charge in [-0.15, -0.1) is 10.2 Å². The molecule has 0 atom stereocenters. The molecule has 2 aromatic heterocycles. The molecule has 1 N–H and O–H groups in total. The van der Waals surface area contributed by atoms with Crippen molar-refractivity contribution in [2.45, 2.75) is 6.18 Å². The number of hydrogen-bond acceptors (Lipinski definition) is 5. The minimum Gasteiger partial charge on any atom is -0.475 e. The van der Waals surface area contributed by atoms with Crippen molar-refractivity contribution in [3.05, 3.63) is 54.4 Å². The first-order valence-electron chi connectivity index (χ1n) is 6.68. The monoisotopic (exact) mass is 373 g/mol. The molecule has 0 spiro atoms. The maximum atomic E-state index is 13.6. The summed E-state index contributed by atoms with van der Waals surface area (Å²) in [6.45, 7) is 0. The number of carboxylic acid groups (broad SMARTS) is 1. The number of pyridine rings is 1. The zero-order valence-corrected chi connectivity index (χ0v) is 12.5. The van der Waals surface area contributed by atoms with Gasteiger partial charge in [0.05, 0.1) is 11.1 Å². The molecular formula is C15H8F5N3O3. The zero-order chi connectivity index (χ0) is 19.3. The average molecular weight is 373 g/mol. The van der Waals surface area contributed by atoms with Gasteiger partial charge in [0, 0.05) is 12.4 Å². The van der Waals surface area contributed by atoms with Gasteiger partial charge in [0.1, 0.15) is 11.6 Å². The van der Waals surface area contributed by atoms with Crippen LogP contribution in [-0.4, -0.2) is 32.4 Å². The van der Waals surface area contributed by atoms with Gasteiger partial charge in [0.2, 0.25) is 5.89 Å². The molecule has 26 heavy (non-hydrogen) atoms. The molecule has 2 heterocycles. The molecule has 0 aliphatic rings. The topological polar surface area (TPSA) is 89.1 Å². The number of benzene rings is 1. The number of rotatable bonds is 2. The number of aromatic nitrogens is 3. The summed E-state index contributed by atoms with van der Waals surface area (Å²) in [5, 5.41) is 14.6. The van der Waals surface area contributed by atoms with Crippen molar-refractivity contribution in [2.24, 2.45) is 0 Å². The number of alkyl halides is 3. The van der Waals surface area contributed by atoms with E-state index in [4.69, 9.17) is 14.3 Å². The average Bonchev–Trinajstić information content (AvgIpc) is 3.07. The van der Waals surface area contributed by atoms with E-state index in [0.29, 0.717) is 5.56 Å². The molecule has 0 saturated heterocycles. The first-order valence-corrected chi connectivity index (χ1v) is 6.68. The molecule has 0 fully saturated rings. The van der Waals surface area contributed by atoms with Gasteiger partial charge in [-0.3, -0.25) is 4.98 Å². The number of nitrogens with zero attached hydrogens (tertiary/aromatic N) is 3. The molecule has 3 rings (SSSR count). The molecule has 136 valence electrons. The van der Waals surface area contributed by atoms with Crippen molar-refractivity contribution in [1.82, 2.24) is 15.2 Å². The molecule has 0 saturated carbocycles. The van der Waals surface area contributed by atoms with Gasteiger partial charge < -0.3 is 9.52 Å². The molecule has 0 aliphatic heterocycles. The van der Waals surface area contributed by atoms with Gasteiger partial charge in [-0.05, 0) is 30.3 Å². The third kappa shape index (κ3) is 4.82. The maximum Gasteiger partial charge on any atom is 0.490 e. The Bertz CT molecular complexity index is 897. The Hall–Kier alpha value is -3.37. The van der Waals surface area contributed by atoms with Crippen LogP contribution in [0.15, 0.2) is 47.1 Å². The highest BCUT2D eigenvalue weighted by Crippen LogP contribution is 2.25. The highest BCUT2D eigenvalue weighted by molar-refractivity contribution is 5.73. The Kier molecular flexibility index (Phi) is 5.60. The summed E-state index contributed by atoms with van der Waals surface area (Å²) in [6.07, 6.45) is -1.94. The van der Waals surface area contributed by atoms with Gasteiger partial charge in [0.25, 0.3) is 5.89 Å². The van der Waals surface area contributed by atoms with Crippen LogP contribution >= 0.6 is 0 Å². The van der Waals surface area contributed by atoms with E-state index < -0.39 is 23.8 Å². The van der Waals surface area contributed by atoms with Crippen LogP contribution in [0.2, 0.25) is 0 Å². The van der Waals surface area contributed by atoms with E-state index in [1.165, 1.54) is 0 Å². The molecule has 11 heteroatoms. The Morgan fingerprint density at radius 1 is 1.08 bits per heavy atom. The summed E-state index contributed by atoms with van der Waals surface area (Å²) in [4.78, 5) is 12.8. The molecule has 0 amide bonds. The first kappa shape index (κ1) is 19.0. The van der Waals surface area contributed by atoms with Crippen molar-refractivity contribution in [2.75, 3.05) is 0 Å². The van der Waals surface area contributed by atoms with Crippen LogP contribution < -0.4 is 0 Å². The molecular weight excluding hydrogens is 365 g/mol. The minimum absolute atomic E-state index is 0.0670. The fraction of sp³-hybridized carbons (Fsp3) is 0.0667. The Morgan fingerprint density at radius 3 is 2.31 bits per heavy atom. The highest BCUT2D eigenvalue weighted by Gasteiger charge is 2.38. The second-order valence-corrected chi connectivity index (χ2v) is 4.58. The second-order valence-electron chi connectivity index (χ2n) is 4.58. The van der Waals surface area contributed by atoms with Gasteiger partial charge in [-0.25, -0.2) is 13.6 Å². The van der Waals surface area contributed by atoms with Crippen LogP contribution in [0.3, 0.4) is 0 Å². The summed E-state index contributed by atoms with van der Waals surface area (Å²) < 4.78 is 63.7. The Labute approximate surface area is 141 Å². The predicted molar refractivity (Wildman–Crippen MR) is 76.6 cm³/mol. The molecule has 0 aliphatic carbocycles. The maximum absolute atomic E-state index is 13.6. The molecule has 0 unspecified atom stereocenters. The summed E-state index contributed by atoms with van der Waals surface area (Å²) in [5.41, 5.74) is 0.542. The lowest BCUT2D eigenvalue weighted by atomic mass is 10.2. The fourth-order valence-electron chi connectivity index (χ4n) is 1.60. The third-order valence-corrected chi connectivity index (χ3v) is 2.73. The standard InChI is InChI=1S/C13H7F2N3O.C2HF3O2/c14-9-3-4-11(15)10(6-9)13-18-17-12(19-13)8-2-1-5-16-7-8;3-2(4,5)1(6)7/h1-7H;(H,6,7). The van der Waals surface area contributed by atoms with E-state index in [9.17, 15) is 22.0 Å². The first-order chi connectivity index (χ1) is 12.2. The molecule has 3 aromatic rings. The van der Waals surface area contributed by atoms with E-state index in [-0.39, 0.29) is 17.3 Å². The van der Waals surface area contributed by atoms with Crippen molar-refractivity contribution in [3.63, 3.8) is 0 Å². The van der Waals surface area contributed by atoms with Gasteiger partial charge in [-0.1, -0.05) is 0 Å². The van der Waals surface area contributed by atoms with Crippen LogP contribution in [0.4, 0.5) is 22.0 Å². The largest absolute Gasteiger partial charge is 0.490 e. The lowest BCUT2D eigenvalue weighted by Gasteiger charge is -1.97. The SMILES string of the molecule is Fc1ccc(F)c(-c2nnc(-c3cccnc3)o2)c1.O=C(O)C(F)(F)F. The fourth-order valence-corrected chi connectivity index (χ4v) is 1.60. The second kappa shape index (κ2) is 7.68. The lowest BCUT2D eigenvalue weighted by Crippen LogP contribution is -2.21. The molecule has 0 bridgehead atoms. The van der Waals surface area contributed by atoms with E-state index in [1.54, 1.807) is 24.5 Å². The summed E-state index contributed by atoms with van der Waals surface area (Å²) in [5.74, 6) is -3.82. The number of hydrogen-bond donors (Lipinski definition) is 1. The van der Waals surface area contributed by atoms with Gasteiger partial charge in [-0.2, -0.15) is 13.2 Å². The molecule has 6 nitrogen and oxygen atoms in total. The summed E-state index contributed by atoms with van der Waals surface area (Å²) in [6, 6.07) is 6.49.